The summed E-state index contributed by atoms with van der Waals surface area (Å²) in [6.45, 7) is 1.47. The van der Waals surface area contributed by atoms with Crippen LogP contribution in [0.2, 0.25) is 0 Å². The second-order valence-electron chi connectivity index (χ2n) is 6.09. The van der Waals surface area contributed by atoms with Gasteiger partial charge in [0.25, 0.3) is 0 Å². The fourth-order valence-corrected chi connectivity index (χ4v) is 2.82. The predicted octanol–water partition coefficient (Wildman–Crippen LogP) is 4.73. The van der Waals surface area contributed by atoms with Gasteiger partial charge in [0.05, 0.1) is 11.4 Å². The zero-order chi connectivity index (χ0) is 17.3. The molecule has 0 bridgehead atoms. The van der Waals surface area contributed by atoms with E-state index >= 15 is 0 Å². The summed E-state index contributed by atoms with van der Waals surface area (Å²) >= 11 is 0. The highest BCUT2D eigenvalue weighted by molar-refractivity contribution is 5.57. The van der Waals surface area contributed by atoms with E-state index in [0.717, 1.165) is 36.5 Å². The highest BCUT2D eigenvalue weighted by atomic mass is 16.5. The number of rotatable bonds is 8. The summed E-state index contributed by atoms with van der Waals surface area (Å²) in [6.07, 6.45) is 3.98. The van der Waals surface area contributed by atoms with Crippen LogP contribution in [-0.2, 0) is 13.0 Å². The monoisotopic (exact) mass is 332 g/mol. The number of nitrogens with zero attached hydrogens (tertiary/aromatic N) is 2. The van der Waals surface area contributed by atoms with E-state index in [-0.39, 0.29) is 0 Å². The van der Waals surface area contributed by atoms with Crippen LogP contribution in [0.25, 0.3) is 0 Å². The molecule has 2 aromatic carbocycles. The Hall–Kier alpha value is -2.81. The molecule has 0 fully saturated rings. The van der Waals surface area contributed by atoms with Gasteiger partial charge in [0.2, 0.25) is 0 Å². The molecule has 3 nitrogen and oxygen atoms in total. The van der Waals surface area contributed by atoms with E-state index in [4.69, 9.17) is 4.74 Å². The van der Waals surface area contributed by atoms with E-state index in [0.29, 0.717) is 6.61 Å². The molecule has 1 aromatic heterocycles. The van der Waals surface area contributed by atoms with E-state index in [1.165, 1.54) is 5.56 Å². The number of hydrogen-bond donors (Lipinski definition) is 0. The molecule has 0 aliphatic rings. The molecule has 128 valence electrons. The van der Waals surface area contributed by atoms with Crippen molar-refractivity contribution >= 4 is 5.69 Å². The van der Waals surface area contributed by atoms with E-state index in [1.54, 1.807) is 6.20 Å². The Morgan fingerprint density at radius 3 is 2.44 bits per heavy atom. The molecule has 0 saturated carbocycles. The van der Waals surface area contributed by atoms with Gasteiger partial charge in [-0.2, -0.15) is 0 Å². The summed E-state index contributed by atoms with van der Waals surface area (Å²) in [4.78, 5) is 6.57. The molecular formula is C22H24N2O. The summed E-state index contributed by atoms with van der Waals surface area (Å²) in [7, 11) is 2.12. The van der Waals surface area contributed by atoms with Crippen LogP contribution in [0.4, 0.5) is 5.69 Å². The van der Waals surface area contributed by atoms with E-state index < -0.39 is 0 Å². The first kappa shape index (κ1) is 17.0. The van der Waals surface area contributed by atoms with E-state index in [1.807, 2.05) is 30.3 Å². The lowest BCUT2D eigenvalue weighted by Crippen LogP contribution is -2.20. The van der Waals surface area contributed by atoms with Crippen molar-refractivity contribution in [1.82, 2.24) is 4.98 Å². The van der Waals surface area contributed by atoms with Gasteiger partial charge in [-0.05, 0) is 42.7 Å². The number of anilines is 1. The van der Waals surface area contributed by atoms with Gasteiger partial charge in [0, 0.05) is 19.8 Å². The van der Waals surface area contributed by atoms with Crippen LogP contribution in [0.1, 0.15) is 17.7 Å². The average molecular weight is 332 g/mol. The second-order valence-corrected chi connectivity index (χ2v) is 6.09. The van der Waals surface area contributed by atoms with Gasteiger partial charge in [-0.25, -0.2) is 0 Å². The molecule has 0 N–H and O–H groups in total. The number of benzene rings is 2. The number of aryl methyl sites for hydroxylation is 1. The predicted molar refractivity (Wildman–Crippen MR) is 103 cm³/mol. The Morgan fingerprint density at radius 2 is 1.64 bits per heavy atom. The van der Waals surface area contributed by atoms with Crippen molar-refractivity contribution in [1.29, 1.82) is 0 Å². The summed E-state index contributed by atoms with van der Waals surface area (Å²) in [5, 5.41) is 0. The number of aromatic nitrogens is 1. The first-order valence-corrected chi connectivity index (χ1v) is 8.70. The first-order valence-electron chi connectivity index (χ1n) is 8.70. The summed E-state index contributed by atoms with van der Waals surface area (Å²) in [5.41, 5.74) is 3.44. The molecular weight excluding hydrogens is 308 g/mol. The third kappa shape index (κ3) is 5.08. The SMILES string of the molecule is CN(CCCc1ccccc1)c1ccccc1OCc1ccccn1. The normalized spacial score (nSPS) is 10.4. The van der Waals surface area contributed by atoms with Crippen LogP contribution in [0, 0.1) is 0 Å². The summed E-state index contributed by atoms with van der Waals surface area (Å²) in [5.74, 6) is 0.898. The number of hydrogen-bond acceptors (Lipinski definition) is 3. The van der Waals surface area contributed by atoms with E-state index in [9.17, 15) is 0 Å². The van der Waals surface area contributed by atoms with Gasteiger partial charge in [-0.1, -0.05) is 48.5 Å². The molecule has 0 atom stereocenters. The van der Waals surface area contributed by atoms with Crippen LogP contribution < -0.4 is 9.64 Å². The van der Waals surface area contributed by atoms with Crippen LogP contribution in [0.3, 0.4) is 0 Å². The first-order chi connectivity index (χ1) is 12.3. The van der Waals surface area contributed by atoms with Crippen molar-refractivity contribution < 1.29 is 4.74 Å². The Bertz CT molecular complexity index is 759. The average Bonchev–Trinajstić information content (AvgIpc) is 2.68. The Balaban J connectivity index is 1.57. The molecule has 0 spiro atoms. The number of pyridine rings is 1. The molecule has 3 rings (SSSR count). The Labute approximate surface area is 149 Å². The maximum Gasteiger partial charge on any atom is 0.143 e. The Kier molecular flexibility index (Phi) is 6.05. The zero-order valence-corrected chi connectivity index (χ0v) is 14.6. The van der Waals surface area contributed by atoms with E-state index in [2.05, 4.69) is 59.4 Å². The molecule has 3 heteroatoms. The van der Waals surface area contributed by atoms with Crippen LogP contribution >= 0.6 is 0 Å². The van der Waals surface area contributed by atoms with Crippen molar-refractivity contribution in [3.8, 4) is 5.75 Å². The van der Waals surface area contributed by atoms with Gasteiger partial charge >= 0.3 is 0 Å². The molecule has 0 aliphatic carbocycles. The van der Waals surface area contributed by atoms with Gasteiger partial charge in [0.15, 0.2) is 0 Å². The lowest BCUT2D eigenvalue weighted by molar-refractivity contribution is 0.302. The molecule has 0 unspecified atom stereocenters. The quantitative estimate of drug-likeness (QED) is 0.596. The molecule has 1 heterocycles. The van der Waals surface area contributed by atoms with Crippen molar-refractivity contribution in [3.05, 3.63) is 90.3 Å². The number of ether oxygens (including phenoxy) is 1. The van der Waals surface area contributed by atoms with Crippen LogP contribution in [0.15, 0.2) is 79.0 Å². The maximum atomic E-state index is 6.00. The van der Waals surface area contributed by atoms with Crippen LogP contribution in [0.5, 0.6) is 5.75 Å². The van der Waals surface area contributed by atoms with Crippen molar-refractivity contribution in [3.63, 3.8) is 0 Å². The molecule has 25 heavy (non-hydrogen) atoms. The third-order valence-electron chi connectivity index (χ3n) is 4.18. The minimum atomic E-state index is 0.482. The van der Waals surface area contributed by atoms with Gasteiger partial charge in [-0.3, -0.25) is 4.98 Å². The molecule has 0 saturated heterocycles. The lowest BCUT2D eigenvalue weighted by atomic mass is 10.1. The molecule has 3 aromatic rings. The maximum absolute atomic E-state index is 6.00. The Morgan fingerprint density at radius 1 is 0.880 bits per heavy atom. The minimum absolute atomic E-state index is 0.482. The van der Waals surface area contributed by atoms with Gasteiger partial charge < -0.3 is 9.64 Å². The lowest BCUT2D eigenvalue weighted by Gasteiger charge is -2.22. The fraction of sp³-hybridized carbons (Fsp3) is 0.227. The highest BCUT2D eigenvalue weighted by Gasteiger charge is 2.08. The van der Waals surface area contributed by atoms with Gasteiger partial charge in [-0.15, -0.1) is 0 Å². The summed E-state index contributed by atoms with van der Waals surface area (Å²) in [6, 6.07) is 24.7. The molecule has 0 radical (unpaired) electrons. The fourth-order valence-electron chi connectivity index (χ4n) is 2.82. The summed E-state index contributed by atoms with van der Waals surface area (Å²) < 4.78 is 6.00. The number of para-hydroxylation sites is 2. The molecule has 0 amide bonds. The highest BCUT2D eigenvalue weighted by Crippen LogP contribution is 2.28. The standard InChI is InChI=1S/C22H24N2O/c1-24(17-9-12-19-10-3-2-4-11-19)21-14-5-6-15-22(21)25-18-20-13-7-8-16-23-20/h2-8,10-11,13-16H,9,12,17-18H2,1H3. The largest absolute Gasteiger partial charge is 0.485 e. The van der Waals surface area contributed by atoms with Crippen molar-refractivity contribution in [2.24, 2.45) is 0 Å². The second kappa shape index (κ2) is 8.88. The minimum Gasteiger partial charge on any atom is -0.485 e. The van der Waals surface area contributed by atoms with Crippen molar-refractivity contribution in [2.75, 3.05) is 18.5 Å². The smallest absolute Gasteiger partial charge is 0.143 e. The topological polar surface area (TPSA) is 25.4 Å². The van der Waals surface area contributed by atoms with Crippen molar-refractivity contribution in [2.45, 2.75) is 19.4 Å². The van der Waals surface area contributed by atoms with Crippen LogP contribution in [-0.4, -0.2) is 18.6 Å². The zero-order valence-electron chi connectivity index (χ0n) is 14.6. The third-order valence-corrected chi connectivity index (χ3v) is 4.18. The van der Waals surface area contributed by atoms with Gasteiger partial charge in [0.1, 0.15) is 12.4 Å². The molecule has 0 aliphatic heterocycles.